The fraction of sp³-hybridized carbons (Fsp3) is 0.143. The van der Waals surface area contributed by atoms with Crippen LogP contribution in [0.5, 0.6) is 0 Å². The molecule has 0 bridgehead atoms. The molecule has 0 aromatic heterocycles. The number of hydrogen-bond acceptors (Lipinski definition) is 0. The highest BCUT2D eigenvalue weighted by molar-refractivity contribution is 9.11. The molecule has 2 aromatic rings. The van der Waals surface area contributed by atoms with Gasteiger partial charge in [0, 0.05) is 14.5 Å². The van der Waals surface area contributed by atoms with E-state index in [1.807, 2.05) is 18.2 Å². The minimum atomic E-state index is -0.420. The third-order valence-electron chi connectivity index (χ3n) is 2.73. The average Bonchev–Trinajstić information content (AvgIpc) is 2.31. The third kappa shape index (κ3) is 3.44. The lowest BCUT2D eigenvalue weighted by Gasteiger charge is -2.14. The number of halogens is 5. The van der Waals surface area contributed by atoms with Crippen LogP contribution in [0.15, 0.2) is 39.3 Å². The van der Waals surface area contributed by atoms with Crippen LogP contribution in [0.1, 0.15) is 21.5 Å². The monoisotopic (exact) mass is 452 g/mol. The molecule has 100 valence electrons. The highest BCUT2D eigenvalue weighted by Crippen LogP contribution is 2.36. The molecular weight excluding hydrogens is 446 g/mol. The second-order valence-electron chi connectivity index (χ2n) is 4.19. The van der Waals surface area contributed by atoms with Crippen LogP contribution in [-0.4, -0.2) is 0 Å². The lowest BCUT2D eigenvalue weighted by molar-refractivity contribution is 0.581. The van der Waals surface area contributed by atoms with Gasteiger partial charge < -0.3 is 0 Å². The van der Waals surface area contributed by atoms with Crippen molar-refractivity contribution >= 4 is 47.8 Å². The summed E-state index contributed by atoms with van der Waals surface area (Å²) in [7, 11) is 0. The van der Waals surface area contributed by atoms with Gasteiger partial charge in [-0.3, -0.25) is 0 Å². The molecule has 0 heterocycles. The summed E-state index contributed by atoms with van der Waals surface area (Å²) in [5.74, 6) is -0.827. The van der Waals surface area contributed by atoms with Crippen LogP contribution in [0.25, 0.3) is 0 Å². The fourth-order valence-electron chi connectivity index (χ4n) is 1.76. The smallest absolute Gasteiger partial charge is 0.128 e. The van der Waals surface area contributed by atoms with E-state index in [0.717, 1.165) is 14.5 Å². The standard InChI is InChI=1S/C14H9Br3F2/c1-7-2-13(19)11(6-12(7)18)14(17)8-3-9(15)5-10(16)4-8/h2-6,14H,1H3. The zero-order chi connectivity index (χ0) is 14.2. The summed E-state index contributed by atoms with van der Waals surface area (Å²) in [5, 5.41) is 0. The van der Waals surface area contributed by atoms with E-state index in [1.165, 1.54) is 12.1 Å². The molecule has 5 heteroatoms. The first kappa shape index (κ1) is 15.1. The highest BCUT2D eigenvalue weighted by atomic mass is 79.9. The second-order valence-corrected chi connectivity index (χ2v) is 6.94. The molecular formula is C14H9Br3F2. The summed E-state index contributed by atoms with van der Waals surface area (Å²) in [6, 6.07) is 8.06. The Balaban J connectivity index is 2.49. The topological polar surface area (TPSA) is 0 Å². The molecule has 19 heavy (non-hydrogen) atoms. The molecule has 0 spiro atoms. The Hall–Kier alpha value is -0.260. The maximum absolute atomic E-state index is 13.9. The van der Waals surface area contributed by atoms with Crippen LogP contribution in [0.2, 0.25) is 0 Å². The van der Waals surface area contributed by atoms with Crippen molar-refractivity contribution in [3.05, 3.63) is 67.6 Å². The Morgan fingerprint density at radius 1 is 0.895 bits per heavy atom. The van der Waals surface area contributed by atoms with Gasteiger partial charge in [-0.05, 0) is 48.4 Å². The van der Waals surface area contributed by atoms with E-state index in [2.05, 4.69) is 47.8 Å². The number of alkyl halides is 1. The molecule has 1 unspecified atom stereocenters. The Labute approximate surface area is 135 Å². The van der Waals surface area contributed by atoms with Crippen molar-refractivity contribution in [1.82, 2.24) is 0 Å². The molecule has 0 nitrogen and oxygen atoms in total. The maximum Gasteiger partial charge on any atom is 0.128 e. The normalized spacial score (nSPS) is 12.5. The van der Waals surface area contributed by atoms with E-state index in [9.17, 15) is 8.78 Å². The molecule has 0 saturated carbocycles. The van der Waals surface area contributed by atoms with Crippen LogP contribution in [0, 0.1) is 18.6 Å². The average molecular weight is 455 g/mol. The van der Waals surface area contributed by atoms with Gasteiger partial charge in [-0.15, -0.1) is 0 Å². The first-order valence-electron chi connectivity index (χ1n) is 5.44. The second kappa shape index (κ2) is 6.02. The summed E-state index contributed by atoms with van der Waals surface area (Å²) in [6.07, 6.45) is 0. The van der Waals surface area contributed by atoms with Gasteiger partial charge >= 0.3 is 0 Å². The van der Waals surface area contributed by atoms with E-state index in [-0.39, 0.29) is 5.56 Å². The SMILES string of the molecule is Cc1cc(F)c(C(Br)c2cc(Br)cc(Br)c2)cc1F. The Morgan fingerprint density at radius 2 is 1.47 bits per heavy atom. The van der Waals surface area contributed by atoms with Gasteiger partial charge in [0.1, 0.15) is 11.6 Å². The van der Waals surface area contributed by atoms with E-state index in [4.69, 9.17) is 0 Å². The van der Waals surface area contributed by atoms with Gasteiger partial charge in [0.25, 0.3) is 0 Å². The largest absolute Gasteiger partial charge is 0.207 e. The van der Waals surface area contributed by atoms with Crippen LogP contribution >= 0.6 is 47.8 Å². The predicted molar refractivity (Wildman–Crippen MR) is 83.7 cm³/mol. The molecule has 0 saturated heterocycles. The quantitative estimate of drug-likeness (QED) is 0.468. The lowest BCUT2D eigenvalue weighted by Crippen LogP contribution is -1.99. The summed E-state index contributed by atoms with van der Waals surface area (Å²) < 4.78 is 29.3. The van der Waals surface area contributed by atoms with Gasteiger partial charge in [0.05, 0.1) is 4.83 Å². The van der Waals surface area contributed by atoms with Crippen molar-refractivity contribution in [1.29, 1.82) is 0 Å². The number of benzene rings is 2. The number of hydrogen-bond donors (Lipinski definition) is 0. The van der Waals surface area contributed by atoms with Crippen LogP contribution in [0.4, 0.5) is 8.78 Å². The lowest BCUT2D eigenvalue weighted by atomic mass is 10.0. The van der Waals surface area contributed by atoms with Crippen molar-refractivity contribution in [2.75, 3.05) is 0 Å². The molecule has 2 rings (SSSR count). The number of aryl methyl sites for hydroxylation is 1. The fourth-order valence-corrected chi connectivity index (χ4v) is 3.70. The van der Waals surface area contributed by atoms with Gasteiger partial charge in [0.15, 0.2) is 0 Å². The molecule has 0 N–H and O–H groups in total. The molecule has 0 fully saturated rings. The van der Waals surface area contributed by atoms with Gasteiger partial charge in [0.2, 0.25) is 0 Å². The van der Waals surface area contributed by atoms with Crippen molar-refractivity contribution in [3.8, 4) is 0 Å². The first-order chi connectivity index (χ1) is 8.88. The van der Waals surface area contributed by atoms with Crippen LogP contribution < -0.4 is 0 Å². The first-order valence-corrected chi connectivity index (χ1v) is 7.94. The zero-order valence-corrected chi connectivity index (χ0v) is 14.6. The zero-order valence-electron chi connectivity index (χ0n) is 9.85. The van der Waals surface area contributed by atoms with E-state index < -0.39 is 16.5 Å². The minimum absolute atomic E-state index is 0.285. The Morgan fingerprint density at radius 3 is 2.05 bits per heavy atom. The van der Waals surface area contributed by atoms with Gasteiger partial charge in [-0.25, -0.2) is 8.78 Å². The molecule has 0 radical (unpaired) electrons. The van der Waals surface area contributed by atoms with Gasteiger partial charge in [-0.2, -0.15) is 0 Å². The third-order valence-corrected chi connectivity index (χ3v) is 4.67. The van der Waals surface area contributed by atoms with Crippen LogP contribution in [0.3, 0.4) is 0 Å². The Bertz CT molecular complexity index is 606. The minimum Gasteiger partial charge on any atom is -0.207 e. The van der Waals surface area contributed by atoms with Crippen molar-refractivity contribution in [3.63, 3.8) is 0 Å². The van der Waals surface area contributed by atoms with E-state index in [1.54, 1.807) is 6.92 Å². The predicted octanol–water partition coefficient (Wildman–Crippen LogP) is 6.28. The Kier molecular flexibility index (Phi) is 4.79. The molecule has 0 aliphatic rings. The van der Waals surface area contributed by atoms with Crippen molar-refractivity contribution < 1.29 is 8.78 Å². The molecule has 0 amide bonds. The van der Waals surface area contributed by atoms with E-state index in [0.29, 0.717) is 5.56 Å². The summed E-state index contributed by atoms with van der Waals surface area (Å²) >= 11 is 10.2. The summed E-state index contributed by atoms with van der Waals surface area (Å²) in [6.45, 7) is 1.54. The van der Waals surface area contributed by atoms with Crippen molar-refractivity contribution in [2.45, 2.75) is 11.8 Å². The maximum atomic E-state index is 13.9. The highest BCUT2D eigenvalue weighted by Gasteiger charge is 2.17. The molecule has 2 aromatic carbocycles. The molecule has 1 atom stereocenters. The van der Waals surface area contributed by atoms with Crippen molar-refractivity contribution in [2.24, 2.45) is 0 Å². The van der Waals surface area contributed by atoms with Gasteiger partial charge in [-0.1, -0.05) is 47.8 Å². The summed E-state index contributed by atoms with van der Waals surface area (Å²) in [4.78, 5) is -0.406. The molecule has 0 aliphatic carbocycles. The van der Waals surface area contributed by atoms with Crippen LogP contribution in [-0.2, 0) is 0 Å². The summed E-state index contributed by atoms with van der Waals surface area (Å²) in [5.41, 5.74) is 1.42. The van der Waals surface area contributed by atoms with E-state index >= 15 is 0 Å². The number of rotatable bonds is 2. The molecule has 0 aliphatic heterocycles.